The Morgan fingerprint density at radius 2 is 2.00 bits per heavy atom. The van der Waals surface area contributed by atoms with Gasteiger partial charge in [0, 0.05) is 48.1 Å². The summed E-state index contributed by atoms with van der Waals surface area (Å²) in [7, 11) is 1.36. The Morgan fingerprint density at radius 1 is 1.19 bits per heavy atom. The van der Waals surface area contributed by atoms with Crippen LogP contribution < -0.4 is 5.32 Å². The van der Waals surface area contributed by atoms with E-state index >= 15 is 4.39 Å². The first kappa shape index (κ1) is 27.1. The summed E-state index contributed by atoms with van der Waals surface area (Å²) in [6.45, 7) is 3.21. The minimum Gasteiger partial charge on any atom is -0.465 e. The molecule has 1 aromatic heterocycles. The highest BCUT2D eigenvalue weighted by Crippen LogP contribution is 2.61. The summed E-state index contributed by atoms with van der Waals surface area (Å²) < 4.78 is 23.4. The quantitative estimate of drug-likeness (QED) is 0.265. The van der Waals surface area contributed by atoms with Crippen molar-refractivity contribution >= 4 is 51.8 Å². The molecule has 4 atom stereocenters. The predicted octanol–water partition coefficient (Wildman–Crippen LogP) is 6.49. The number of esters is 1. The van der Waals surface area contributed by atoms with E-state index in [1.165, 1.54) is 7.11 Å². The Hall–Kier alpha value is -3.46. The molecular formula is C33H29Cl2FN4O3. The molecule has 4 aromatic rings. The third-order valence-corrected chi connectivity index (χ3v) is 10.6. The first-order valence-electron chi connectivity index (χ1n) is 14.6. The molecule has 1 N–H and O–H groups in total. The fraction of sp³-hybridized carbons (Fsp3) is 0.364. The van der Waals surface area contributed by atoms with Gasteiger partial charge in [0.05, 0.1) is 28.7 Å². The van der Waals surface area contributed by atoms with Crippen molar-refractivity contribution < 1.29 is 18.7 Å². The molecule has 220 valence electrons. The number of rotatable bonds is 4. The molecule has 0 unspecified atom stereocenters. The lowest BCUT2D eigenvalue weighted by molar-refractivity contribution is -0.129. The van der Waals surface area contributed by atoms with E-state index in [1.807, 2.05) is 25.1 Å². The monoisotopic (exact) mass is 618 g/mol. The van der Waals surface area contributed by atoms with E-state index in [2.05, 4.69) is 14.8 Å². The molecule has 2 fully saturated rings. The minimum absolute atomic E-state index is 0.0262. The standard InChI is InChI=1S/C33H29Cl2FN4O3/c1-16-20(31(41)43-2)10-11-24-29(16)38-30-26-25(15-39(24)30)40(14-17-6-7-17)33(27(26)21-4-3-5-22(35)28(21)36)13-18-8-9-19(34)12-23(18)37-32(33)42/h3-5,8-12,17,25-27H,6-7,13-15H2,1-2H3,(H,37,42)/t25-,26+,27-,33+/m0/s1. The van der Waals surface area contributed by atoms with Crippen LogP contribution in [0.5, 0.6) is 0 Å². The molecule has 0 bridgehead atoms. The number of aryl methyl sites for hydroxylation is 1. The number of hydrogen-bond acceptors (Lipinski definition) is 5. The number of likely N-dealkylation sites (tertiary alicyclic amines) is 1. The molecule has 4 aliphatic rings. The number of amides is 1. The molecule has 10 heteroatoms. The van der Waals surface area contributed by atoms with Gasteiger partial charge >= 0.3 is 5.97 Å². The zero-order valence-electron chi connectivity index (χ0n) is 23.7. The Kier molecular flexibility index (Phi) is 6.00. The predicted molar refractivity (Wildman–Crippen MR) is 162 cm³/mol. The van der Waals surface area contributed by atoms with E-state index in [9.17, 15) is 9.59 Å². The van der Waals surface area contributed by atoms with Crippen LogP contribution in [0.25, 0.3) is 11.0 Å². The Bertz CT molecular complexity index is 1870. The fourth-order valence-electron chi connectivity index (χ4n) is 8.02. The molecule has 1 aliphatic carbocycles. The van der Waals surface area contributed by atoms with Gasteiger partial charge in [0.25, 0.3) is 0 Å². The fourth-order valence-corrected chi connectivity index (χ4v) is 8.37. The molecule has 1 saturated carbocycles. The number of halogens is 3. The van der Waals surface area contributed by atoms with Crippen molar-refractivity contribution in [2.75, 3.05) is 19.0 Å². The number of ether oxygens (including phenoxy) is 1. The highest BCUT2D eigenvalue weighted by atomic mass is 35.5. The minimum atomic E-state index is -1.07. The van der Waals surface area contributed by atoms with Crippen LogP contribution in [0.2, 0.25) is 10.0 Å². The molecule has 1 saturated heterocycles. The third-order valence-electron chi connectivity index (χ3n) is 10.1. The Morgan fingerprint density at radius 3 is 2.77 bits per heavy atom. The third kappa shape index (κ3) is 3.79. The molecule has 3 aliphatic heterocycles. The maximum Gasteiger partial charge on any atom is 0.338 e. The zero-order chi connectivity index (χ0) is 29.8. The summed E-state index contributed by atoms with van der Waals surface area (Å²) >= 11 is 12.7. The van der Waals surface area contributed by atoms with Crippen molar-refractivity contribution in [2.45, 2.75) is 56.1 Å². The second-order valence-corrected chi connectivity index (χ2v) is 13.2. The number of carbonyl (C=O) groups excluding carboxylic acids is 2. The zero-order valence-corrected chi connectivity index (χ0v) is 25.2. The van der Waals surface area contributed by atoms with Gasteiger partial charge in [0.2, 0.25) is 5.91 Å². The van der Waals surface area contributed by atoms with E-state index < -0.39 is 23.2 Å². The van der Waals surface area contributed by atoms with Crippen LogP contribution >= 0.6 is 23.2 Å². The summed E-state index contributed by atoms with van der Waals surface area (Å²) in [5.74, 6) is -0.673. The van der Waals surface area contributed by atoms with Crippen LogP contribution in [0.1, 0.15) is 57.6 Å². The normalized spacial score (nSPS) is 26.0. The summed E-state index contributed by atoms with van der Waals surface area (Å²) in [4.78, 5) is 34.6. The van der Waals surface area contributed by atoms with E-state index in [0.717, 1.165) is 41.9 Å². The number of nitrogens with zero attached hydrogens (tertiary/aromatic N) is 3. The van der Waals surface area contributed by atoms with Gasteiger partial charge in [-0.2, -0.15) is 0 Å². The lowest BCUT2D eigenvalue weighted by atomic mass is 9.69. The number of nitrogens with one attached hydrogen (secondary N) is 1. The number of methoxy groups -OCH3 is 1. The van der Waals surface area contributed by atoms with Crippen LogP contribution in [0.3, 0.4) is 0 Å². The van der Waals surface area contributed by atoms with Gasteiger partial charge in [-0.15, -0.1) is 0 Å². The maximum atomic E-state index is 16.2. The maximum absolute atomic E-state index is 16.2. The first-order valence-corrected chi connectivity index (χ1v) is 15.4. The number of anilines is 1. The van der Waals surface area contributed by atoms with Crippen molar-refractivity contribution in [2.24, 2.45) is 5.92 Å². The molecule has 8 rings (SSSR count). The number of carbonyl (C=O) groups is 2. The van der Waals surface area contributed by atoms with Gasteiger partial charge in [-0.25, -0.2) is 14.2 Å². The highest BCUT2D eigenvalue weighted by molar-refractivity contribution is 6.31. The van der Waals surface area contributed by atoms with E-state index in [0.29, 0.717) is 46.2 Å². The summed E-state index contributed by atoms with van der Waals surface area (Å²) in [5, 5.41) is 3.74. The first-order chi connectivity index (χ1) is 20.7. The number of aromatic nitrogens is 2. The molecular weight excluding hydrogens is 590 g/mol. The molecule has 1 spiro atoms. The average Bonchev–Trinajstić information content (AvgIpc) is 3.56. The largest absolute Gasteiger partial charge is 0.465 e. The second-order valence-electron chi connectivity index (χ2n) is 12.3. The topological polar surface area (TPSA) is 76.5 Å². The van der Waals surface area contributed by atoms with Crippen LogP contribution in [0.4, 0.5) is 10.1 Å². The molecule has 4 heterocycles. The molecule has 43 heavy (non-hydrogen) atoms. The van der Waals surface area contributed by atoms with Crippen molar-refractivity contribution in [3.05, 3.63) is 92.5 Å². The van der Waals surface area contributed by atoms with Gasteiger partial charge in [-0.3, -0.25) is 9.69 Å². The molecule has 3 aromatic carbocycles. The number of hydrogen-bond donors (Lipinski definition) is 1. The average molecular weight is 620 g/mol. The van der Waals surface area contributed by atoms with Gasteiger partial charge in [0.1, 0.15) is 17.2 Å². The lowest BCUT2D eigenvalue weighted by Crippen LogP contribution is -2.61. The van der Waals surface area contributed by atoms with Gasteiger partial charge in [-0.1, -0.05) is 41.4 Å². The molecule has 0 radical (unpaired) electrons. The number of imidazole rings is 1. The number of fused-ring (bicyclic) bond motifs is 6. The highest BCUT2D eigenvalue weighted by Gasteiger charge is 2.67. The van der Waals surface area contributed by atoms with Crippen molar-refractivity contribution in [3.8, 4) is 0 Å². The van der Waals surface area contributed by atoms with Crippen LogP contribution in [-0.4, -0.2) is 51.6 Å². The van der Waals surface area contributed by atoms with Crippen molar-refractivity contribution in [3.63, 3.8) is 0 Å². The summed E-state index contributed by atoms with van der Waals surface area (Å²) in [5.41, 5.74) is 3.82. The van der Waals surface area contributed by atoms with Gasteiger partial charge < -0.3 is 14.6 Å². The Balaban J connectivity index is 1.37. The molecule has 7 nitrogen and oxygen atoms in total. The SMILES string of the molecule is COC(=O)c1ccc2c(nc3n2C[C@H]2[C@@H]3[C@H](c3cccc(Cl)c3F)[C@@]3(Cc4ccc(Cl)cc4NC3=O)N2CC2CC2)c1C. The lowest BCUT2D eigenvalue weighted by Gasteiger charge is -2.46. The van der Waals surface area contributed by atoms with Gasteiger partial charge in [-0.05, 0) is 72.7 Å². The van der Waals surface area contributed by atoms with Crippen LogP contribution in [0.15, 0.2) is 48.5 Å². The number of benzene rings is 3. The summed E-state index contributed by atoms with van der Waals surface area (Å²) in [6, 6.07) is 14.2. The second kappa shape index (κ2) is 9.52. The van der Waals surface area contributed by atoms with E-state index in [4.69, 9.17) is 32.9 Å². The molecule has 1 amide bonds. The van der Waals surface area contributed by atoms with Crippen molar-refractivity contribution in [1.82, 2.24) is 14.5 Å². The summed E-state index contributed by atoms with van der Waals surface area (Å²) in [6.07, 6.45) is 2.63. The van der Waals surface area contributed by atoms with E-state index in [1.54, 1.807) is 30.3 Å². The Labute approximate surface area is 257 Å². The van der Waals surface area contributed by atoms with Crippen LogP contribution in [0, 0.1) is 18.7 Å². The van der Waals surface area contributed by atoms with Crippen molar-refractivity contribution in [1.29, 1.82) is 0 Å². The van der Waals surface area contributed by atoms with Crippen LogP contribution in [-0.2, 0) is 22.5 Å². The van der Waals surface area contributed by atoms with E-state index in [-0.39, 0.29) is 22.9 Å². The smallest absolute Gasteiger partial charge is 0.338 e. The van der Waals surface area contributed by atoms with Gasteiger partial charge in [0.15, 0.2) is 0 Å².